The first-order valence-corrected chi connectivity index (χ1v) is 14.4. The van der Waals surface area contributed by atoms with E-state index >= 15 is 0 Å². The van der Waals surface area contributed by atoms with Crippen molar-refractivity contribution in [2.75, 3.05) is 38.6 Å². The molecule has 0 bridgehead atoms. The van der Waals surface area contributed by atoms with Crippen LogP contribution in [0, 0.1) is 5.92 Å². The molecule has 0 radical (unpaired) electrons. The largest absolute Gasteiger partial charge is 0.378 e. The summed E-state index contributed by atoms with van der Waals surface area (Å²) < 4.78 is 23.2. The number of rotatable bonds is 11. The van der Waals surface area contributed by atoms with Crippen molar-refractivity contribution in [2.45, 2.75) is 26.0 Å². The first kappa shape index (κ1) is 29.9. The number of aromatic nitrogens is 2. The molecule has 4 rings (SSSR count). The fourth-order valence-electron chi connectivity index (χ4n) is 3.85. The van der Waals surface area contributed by atoms with Gasteiger partial charge in [0.25, 0.3) is 5.89 Å². The highest BCUT2D eigenvalue weighted by molar-refractivity contribution is 7.84. The molecule has 0 spiro atoms. The highest BCUT2D eigenvalue weighted by atomic mass is 32.2. The van der Waals surface area contributed by atoms with Gasteiger partial charge in [0, 0.05) is 47.4 Å². The normalized spacial score (nSPS) is 14.5. The van der Waals surface area contributed by atoms with Gasteiger partial charge in [0.05, 0.1) is 25.7 Å². The van der Waals surface area contributed by atoms with Gasteiger partial charge in [-0.2, -0.15) is 4.98 Å². The lowest BCUT2D eigenvalue weighted by atomic mass is 10.1. The zero-order valence-corrected chi connectivity index (χ0v) is 23.0. The predicted molar refractivity (Wildman–Crippen MR) is 147 cm³/mol. The lowest BCUT2D eigenvalue weighted by Gasteiger charge is -2.28. The van der Waals surface area contributed by atoms with Gasteiger partial charge in [-0.05, 0) is 5.56 Å². The Morgan fingerprint density at radius 2 is 1.64 bits per heavy atom. The van der Waals surface area contributed by atoms with E-state index in [0.29, 0.717) is 31.9 Å². The average Bonchev–Trinajstić information content (AvgIpc) is 3.48. The van der Waals surface area contributed by atoms with E-state index in [0.717, 1.165) is 5.56 Å². The molecule has 11 heteroatoms. The lowest BCUT2D eigenvalue weighted by Crippen LogP contribution is -2.44. The number of Topliss-reactive ketones (excluding diaryl/α,β-unsaturated/α-hetero) is 1. The van der Waals surface area contributed by atoms with E-state index < -0.39 is 28.4 Å². The number of nitrogens with zero attached hydrogens (tertiary/aromatic N) is 3. The molecule has 1 aliphatic rings. The minimum absolute atomic E-state index is 0.0102. The molecule has 1 N–H and O–H groups in total. The number of amides is 2. The van der Waals surface area contributed by atoms with E-state index in [-0.39, 0.29) is 42.1 Å². The number of nitrogens with one attached hydrogen (secondary N) is 1. The molecule has 1 saturated heterocycles. The predicted octanol–water partition coefficient (Wildman–Crippen LogP) is 2.88. The smallest absolute Gasteiger partial charge is 0.296 e. The first-order chi connectivity index (χ1) is 19.0. The number of benzene rings is 2. The van der Waals surface area contributed by atoms with Crippen molar-refractivity contribution in [1.82, 2.24) is 20.4 Å². The number of carbonyl (C=O) groups excluding carboxylic acids is 3. The Morgan fingerprint density at radius 3 is 2.31 bits per heavy atom. The van der Waals surface area contributed by atoms with Gasteiger partial charge in [-0.1, -0.05) is 79.7 Å². The summed E-state index contributed by atoms with van der Waals surface area (Å²) in [5, 5.41) is 6.38. The Balaban J connectivity index is 0.00000205. The van der Waals surface area contributed by atoms with Crippen LogP contribution in [0.5, 0.6) is 0 Å². The second kappa shape index (κ2) is 15.6. The molecule has 1 fully saturated rings. The maximum absolute atomic E-state index is 13.1. The summed E-state index contributed by atoms with van der Waals surface area (Å²) in [5.41, 5.74) is 1.57. The number of ether oxygens (including phenoxy) is 1. The van der Waals surface area contributed by atoms with Crippen LogP contribution in [0.15, 0.2) is 65.2 Å². The van der Waals surface area contributed by atoms with Crippen molar-refractivity contribution < 1.29 is 27.9 Å². The molecule has 2 heterocycles. The summed E-state index contributed by atoms with van der Waals surface area (Å²) >= 11 is 0. The van der Waals surface area contributed by atoms with Gasteiger partial charge in [-0.25, -0.2) is 0 Å². The van der Waals surface area contributed by atoms with E-state index in [2.05, 4.69) is 15.5 Å². The van der Waals surface area contributed by atoms with Crippen LogP contribution in [0.4, 0.5) is 0 Å². The summed E-state index contributed by atoms with van der Waals surface area (Å²) in [4.78, 5) is 44.2. The van der Waals surface area contributed by atoms with Crippen LogP contribution in [0.2, 0.25) is 0 Å². The third kappa shape index (κ3) is 9.22. The Labute approximate surface area is 230 Å². The van der Waals surface area contributed by atoms with Gasteiger partial charge in [0.15, 0.2) is 0 Å². The van der Waals surface area contributed by atoms with Gasteiger partial charge in [-0.3, -0.25) is 18.6 Å². The molecular weight excluding hydrogens is 520 g/mol. The van der Waals surface area contributed by atoms with E-state index in [1.807, 2.05) is 62.4 Å². The summed E-state index contributed by atoms with van der Waals surface area (Å²) in [5.74, 6) is -1.88. The van der Waals surface area contributed by atoms with Crippen LogP contribution >= 0.6 is 0 Å². The highest BCUT2D eigenvalue weighted by Gasteiger charge is 2.28. The highest BCUT2D eigenvalue weighted by Crippen LogP contribution is 2.16. The van der Waals surface area contributed by atoms with Crippen molar-refractivity contribution >= 4 is 28.4 Å². The molecule has 3 aromatic rings. The molecule has 2 unspecified atom stereocenters. The third-order valence-corrected chi connectivity index (χ3v) is 7.26. The van der Waals surface area contributed by atoms with Crippen LogP contribution in [0.1, 0.15) is 36.5 Å². The van der Waals surface area contributed by atoms with Gasteiger partial charge in [-0.15, -0.1) is 0 Å². The second-order valence-electron chi connectivity index (χ2n) is 8.56. The average molecular weight is 555 g/mol. The zero-order chi connectivity index (χ0) is 28.0. The van der Waals surface area contributed by atoms with E-state index in [1.165, 1.54) is 0 Å². The minimum atomic E-state index is -1.39. The molecule has 1 aromatic heterocycles. The second-order valence-corrected chi connectivity index (χ2v) is 10.1. The number of carbonyl (C=O) groups is 3. The molecule has 39 heavy (non-hydrogen) atoms. The van der Waals surface area contributed by atoms with Crippen LogP contribution < -0.4 is 5.32 Å². The summed E-state index contributed by atoms with van der Waals surface area (Å²) in [6.45, 7) is 5.38. The van der Waals surface area contributed by atoms with Gasteiger partial charge in [0.2, 0.25) is 23.4 Å². The number of morpholine rings is 1. The van der Waals surface area contributed by atoms with E-state index in [1.54, 1.807) is 17.0 Å². The monoisotopic (exact) mass is 554 g/mol. The molecule has 0 saturated carbocycles. The van der Waals surface area contributed by atoms with Crippen molar-refractivity contribution in [3.05, 3.63) is 72.1 Å². The molecular formula is C28H34N4O6S. The zero-order valence-electron chi connectivity index (χ0n) is 22.2. The maximum Gasteiger partial charge on any atom is 0.296 e. The molecule has 10 nitrogen and oxygen atoms in total. The Morgan fingerprint density at radius 1 is 1.00 bits per heavy atom. The Bertz CT molecular complexity index is 1230. The molecule has 2 aromatic carbocycles. The summed E-state index contributed by atoms with van der Waals surface area (Å²) in [6, 6.07) is 18.3. The fourth-order valence-corrected chi connectivity index (χ4v) is 5.25. The standard InChI is InChI=1S/C26H28N4O6S.C2H6/c31-22(26-28-24(29-36-26)20-9-5-2-6-10-20)16-27-25(33)21(15-23(32)30-11-13-35-14-12-30)18-37(34)17-19-7-3-1-4-8-19;1-2/h1-10,21H,11-18H2,(H,27,33);1-2H3. The SMILES string of the molecule is CC.O=C(CNC(=O)C(CC(=O)N1CCOCC1)CS(=O)Cc1ccccc1)c1nc(-c2ccccc2)no1. The summed E-state index contributed by atoms with van der Waals surface area (Å²) in [6.07, 6.45) is -0.112. The minimum Gasteiger partial charge on any atom is -0.378 e. The van der Waals surface area contributed by atoms with Crippen molar-refractivity contribution in [3.8, 4) is 11.4 Å². The lowest BCUT2D eigenvalue weighted by molar-refractivity contribution is -0.138. The third-order valence-electron chi connectivity index (χ3n) is 5.83. The first-order valence-electron chi connectivity index (χ1n) is 12.9. The van der Waals surface area contributed by atoms with Crippen LogP contribution in [0.3, 0.4) is 0 Å². The molecule has 208 valence electrons. The van der Waals surface area contributed by atoms with Gasteiger partial charge < -0.3 is 19.5 Å². The van der Waals surface area contributed by atoms with Crippen molar-refractivity contribution in [2.24, 2.45) is 5.92 Å². The number of hydrogen-bond donors (Lipinski definition) is 1. The van der Waals surface area contributed by atoms with E-state index in [4.69, 9.17) is 9.26 Å². The summed E-state index contributed by atoms with van der Waals surface area (Å²) in [7, 11) is -1.39. The molecule has 2 amide bonds. The maximum atomic E-state index is 13.1. The van der Waals surface area contributed by atoms with Crippen LogP contribution in [0.25, 0.3) is 11.4 Å². The van der Waals surface area contributed by atoms with Gasteiger partial charge in [0.1, 0.15) is 0 Å². The number of hydrogen-bond acceptors (Lipinski definition) is 8. The van der Waals surface area contributed by atoms with Crippen LogP contribution in [-0.4, -0.2) is 75.4 Å². The molecule has 1 aliphatic heterocycles. The van der Waals surface area contributed by atoms with Crippen molar-refractivity contribution in [3.63, 3.8) is 0 Å². The Hall–Kier alpha value is -3.70. The fraction of sp³-hybridized carbons (Fsp3) is 0.393. The van der Waals surface area contributed by atoms with Crippen molar-refractivity contribution in [1.29, 1.82) is 0 Å². The van der Waals surface area contributed by atoms with Gasteiger partial charge >= 0.3 is 0 Å². The molecule has 0 aliphatic carbocycles. The van der Waals surface area contributed by atoms with E-state index in [9.17, 15) is 18.6 Å². The molecule has 2 atom stereocenters. The quantitative estimate of drug-likeness (QED) is 0.358. The topological polar surface area (TPSA) is 132 Å². The Kier molecular flexibility index (Phi) is 12.0. The van der Waals surface area contributed by atoms with Crippen LogP contribution in [-0.2, 0) is 30.9 Å². The number of ketones is 1.